The highest BCUT2D eigenvalue weighted by Crippen LogP contribution is 2.23. The SMILES string of the molecule is COc1cccc(Nc2cc(N3CCN(c4ncccn4)CC3)nc(C)n2)c1. The van der Waals surface area contributed by atoms with Gasteiger partial charge in [-0.1, -0.05) is 6.07 Å². The summed E-state index contributed by atoms with van der Waals surface area (Å²) in [5.74, 6) is 4.00. The van der Waals surface area contributed by atoms with Crippen LogP contribution in [0.1, 0.15) is 5.82 Å². The maximum Gasteiger partial charge on any atom is 0.225 e. The number of rotatable bonds is 5. The van der Waals surface area contributed by atoms with Crippen molar-refractivity contribution >= 4 is 23.3 Å². The number of aryl methyl sites for hydroxylation is 1. The Hall–Kier alpha value is -3.42. The van der Waals surface area contributed by atoms with Gasteiger partial charge in [-0.15, -0.1) is 0 Å². The van der Waals surface area contributed by atoms with Gasteiger partial charge in [-0.2, -0.15) is 0 Å². The first kappa shape index (κ1) is 18.0. The molecule has 4 rings (SSSR count). The molecule has 1 saturated heterocycles. The average Bonchev–Trinajstić information content (AvgIpc) is 2.74. The second kappa shape index (κ2) is 8.08. The van der Waals surface area contributed by atoms with Crippen molar-refractivity contribution in [1.29, 1.82) is 0 Å². The molecule has 0 atom stereocenters. The van der Waals surface area contributed by atoms with Crippen LogP contribution in [0.5, 0.6) is 5.75 Å². The minimum Gasteiger partial charge on any atom is -0.497 e. The monoisotopic (exact) mass is 377 g/mol. The Morgan fingerprint density at radius 1 is 0.929 bits per heavy atom. The van der Waals surface area contributed by atoms with Gasteiger partial charge < -0.3 is 19.9 Å². The van der Waals surface area contributed by atoms with Crippen LogP contribution in [0.3, 0.4) is 0 Å². The van der Waals surface area contributed by atoms with Crippen molar-refractivity contribution in [3.63, 3.8) is 0 Å². The molecule has 144 valence electrons. The summed E-state index contributed by atoms with van der Waals surface area (Å²) in [6.07, 6.45) is 3.55. The predicted octanol–water partition coefficient (Wildman–Crippen LogP) is 2.65. The Morgan fingerprint density at radius 3 is 2.43 bits per heavy atom. The summed E-state index contributed by atoms with van der Waals surface area (Å²) >= 11 is 0. The summed E-state index contributed by atoms with van der Waals surface area (Å²) in [5.41, 5.74) is 0.925. The lowest BCUT2D eigenvalue weighted by atomic mass is 10.3. The number of piperazine rings is 1. The lowest BCUT2D eigenvalue weighted by Crippen LogP contribution is -2.47. The molecule has 1 aliphatic rings. The molecule has 0 aliphatic carbocycles. The van der Waals surface area contributed by atoms with Gasteiger partial charge in [0.15, 0.2) is 0 Å². The molecule has 8 heteroatoms. The van der Waals surface area contributed by atoms with Gasteiger partial charge in [0.05, 0.1) is 7.11 Å². The van der Waals surface area contributed by atoms with E-state index < -0.39 is 0 Å². The quantitative estimate of drug-likeness (QED) is 0.727. The molecule has 0 saturated carbocycles. The molecule has 1 aromatic carbocycles. The Kier molecular flexibility index (Phi) is 5.18. The second-order valence-electron chi connectivity index (χ2n) is 6.54. The maximum atomic E-state index is 5.29. The van der Waals surface area contributed by atoms with Gasteiger partial charge >= 0.3 is 0 Å². The molecule has 8 nitrogen and oxygen atoms in total. The topological polar surface area (TPSA) is 79.3 Å². The van der Waals surface area contributed by atoms with E-state index in [1.807, 2.05) is 43.3 Å². The van der Waals surface area contributed by atoms with Crippen LogP contribution < -0.4 is 19.9 Å². The summed E-state index contributed by atoms with van der Waals surface area (Å²) in [7, 11) is 1.66. The lowest BCUT2D eigenvalue weighted by molar-refractivity contribution is 0.415. The van der Waals surface area contributed by atoms with Crippen molar-refractivity contribution in [2.75, 3.05) is 48.4 Å². The standard InChI is InChI=1S/C20H23N7O/c1-15-23-18(25-16-5-3-6-17(13-16)28-2)14-19(24-15)26-9-11-27(12-10-26)20-21-7-4-8-22-20/h3-8,13-14H,9-12H2,1-2H3,(H,23,24,25). The van der Waals surface area contributed by atoms with Crippen LogP contribution in [0.2, 0.25) is 0 Å². The third kappa shape index (κ3) is 4.11. The van der Waals surface area contributed by atoms with Gasteiger partial charge in [0.25, 0.3) is 0 Å². The van der Waals surface area contributed by atoms with E-state index in [9.17, 15) is 0 Å². The molecule has 2 aromatic heterocycles. The second-order valence-corrected chi connectivity index (χ2v) is 6.54. The van der Waals surface area contributed by atoms with Crippen molar-refractivity contribution in [3.05, 3.63) is 54.6 Å². The van der Waals surface area contributed by atoms with Gasteiger partial charge in [-0.25, -0.2) is 19.9 Å². The van der Waals surface area contributed by atoms with Crippen molar-refractivity contribution in [2.24, 2.45) is 0 Å². The Labute approximate surface area is 164 Å². The van der Waals surface area contributed by atoms with Crippen molar-refractivity contribution < 1.29 is 4.74 Å². The molecule has 1 aliphatic heterocycles. The van der Waals surface area contributed by atoms with E-state index in [-0.39, 0.29) is 0 Å². The first-order chi connectivity index (χ1) is 13.7. The van der Waals surface area contributed by atoms with Crippen LogP contribution in [0.15, 0.2) is 48.8 Å². The number of nitrogens with one attached hydrogen (secondary N) is 1. The van der Waals surface area contributed by atoms with Gasteiger partial charge in [0, 0.05) is 56.4 Å². The molecule has 0 amide bonds. The summed E-state index contributed by atoms with van der Waals surface area (Å²) in [6.45, 7) is 5.33. The highest BCUT2D eigenvalue weighted by atomic mass is 16.5. The van der Waals surface area contributed by atoms with Crippen LogP contribution in [0.4, 0.5) is 23.3 Å². The van der Waals surface area contributed by atoms with Crippen LogP contribution in [0.25, 0.3) is 0 Å². The maximum absolute atomic E-state index is 5.29. The molecule has 0 bridgehead atoms. The van der Waals surface area contributed by atoms with Crippen LogP contribution in [-0.2, 0) is 0 Å². The highest BCUT2D eigenvalue weighted by Gasteiger charge is 2.20. The van der Waals surface area contributed by atoms with E-state index >= 15 is 0 Å². The normalized spacial score (nSPS) is 14.1. The van der Waals surface area contributed by atoms with Crippen LogP contribution in [0, 0.1) is 6.92 Å². The minimum absolute atomic E-state index is 0.733. The zero-order chi connectivity index (χ0) is 19.3. The smallest absolute Gasteiger partial charge is 0.225 e. The third-order valence-electron chi connectivity index (χ3n) is 4.61. The number of anilines is 4. The molecule has 28 heavy (non-hydrogen) atoms. The molecule has 0 spiro atoms. The Bertz CT molecular complexity index is 927. The highest BCUT2D eigenvalue weighted by molar-refractivity contribution is 5.61. The van der Waals surface area contributed by atoms with Crippen molar-refractivity contribution in [1.82, 2.24) is 19.9 Å². The largest absolute Gasteiger partial charge is 0.497 e. The molecule has 0 radical (unpaired) electrons. The number of benzene rings is 1. The number of methoxy groups -OCH3 is 1. The lowest BCUT2D eigenvalue weighted by Gasteiger charge is -2.35. The number of hydrogen-bond acceptors (Lipinski definition) is 8. The summed E-state index contributed by atoms with van der Waals surface area (Å²) < 4.78 is 5.29. The Morgan fingerprint density at radius 2 is 1.68 bits per heavy atom. The molecular formula is C20H23N7O. The van der Waals surface area contributed by atoms with E-state index in [2.05, 4.69) is 35.1 Å². The fourth-order valence-electron chi connectivity index (χ4n) is 3.22. The van der Waals surface area contributed by atoms with Gasteiger partial charge in [-0.3, -0.25) is 0 Å². The number of aromatic nitrogens is 4. The molecule has 3 aromatic rings. The minimum atomic E-state index is 0.733. The Balaban J connectivity index is 1.47. The van der Waals surface area contributed by atoms with E-state index in [1.165, 1.54) is 0 Å². The van der Waals surface area contributed by atoms with Gasteiger partial charge in [0.2, 0.25) is 5.95 Å². The molecular weight excluding hydrogens is 354 g/mol. The molecule has 1 fully saturated rings. The average molecular weight is 377 g/mol. The van der Waals surface area contributed by atoms with Crippen molar-refractivity contribution in [3.8, 4) is 5.75 Å². The summed E-state index contributed by atoms with van der Waals surface area (Å²) in [6, 6.07) is 11.6. The predicted molar refractivity (Wildman–Crippen MR) is 110 cm³/mol. The number of ether oxygens (including phenoxy) is 1. The molecule has 3 heterocycles. The van der Waals surface area contributed by atoms with Crippen LogP contribution in [-0.4, -0.2) is 53.2 Å². The van der Waals surface area contributed by atoms with Crippen LogP contribution >= 0.6 is 0 Å². The third-order valence-corrected chi connectivity index (χ3v) is 4.61. The fourth-order valence-corrected chi connectivity index (χ4v) is 3.22. The number of hydrogen-bond donors (Lipinski definition) is 1. The summed E-state index contributed by atoms with van der Waals surface area (Å²) in [5, 5.41) is 3.35. The molecule has 1 N–H and O–H groups in total. The summed E-state index contributed by atoms with van der Waals surface area (Å²) in [4.78, 5) is 22.3. The van der Waals surface area contributed by atoms with Crippen molar-refractivity contribution in [2.45, 2.75) is 6.92 Å². The first-order valence-electron chi connectivity index (χ1n) is 9.25. The van der Waals surface area contributed by atoms with Gasteiger partial charge in [0.1, 0.15) is 23.2 Å². The van der Waals surface area contributed by atoms with E-state index in [4.69, 9.17) is 4.74 Å². The molecule has 0 unspecified atom stereocenters. The van der Waals surface area contributed by atoms with E-state index in [0.29, 0.717) is 0 Å². The fraction of sp³-hybridized carbons (Fsp3) is 0.300. The zero-order valence-electron chi connectivity index (χ0n) is 16.0. The van der Waals surface area contributed by atoms with Gasteiger partial charge in [-0.05, 0) is 25.1 Å². The number of nitrogens with zero attached hydrogens (tertiary/aromatic N) is 6. The van der Waals surface area contributed by atoms with E-state index in [0.717, 1.165) is 61.0 Å². The first-order valence-corrected chi connectivity index (χ1v) is 9.25. The van der Waals surface area contributed by atoms with E-state index in [1.54, 1.807) is 19.5 Å². The zero-order valence-corrected chi connectivity index (χ0v) is 16.0.